The molecule has 1 aliphatic carbocycles. The number of para-hydroxylation sites is 1. The smallest absolute Gasteiger partial charge is 0.315 e. The van der Waals surface area contributed by atoms with Crippen LogP contribution >= 0.6 is 0 Å². The van der Waals surface area contributed by atoms with E-state index in [1.807, 2.05) is 42.5 Å². The van der Waals surface area contributed by atoms with E-state index in [9.17, 15) is 4.79 Å². The molecule has 2 aromatic rings. The zero-order chi connectivity index (χ0) is 18.6. The summed E-state index contributed by atoms with van der Waals surface area (Å²) < 4.78 is 16.6. The number of amides is 2. The summed E-state index contributed by atoms with van der Waals surface area (Å²) in [5.74, 6) is 2.74. The van der Waals surface area contributed by atoms with Crippen molar-refractivity contribution in [3.63, 3.8) is 0 Å². The molecule has 0 aromatic heterocycles. The van der Waals surface area contributed by atoms with Gasteiger partial charge in [-0.1, -0.05) is 24.3 Å². The number of hydrogen-bond acceptors (Lipinski definition) is 4. The third kappa shape index (κ3) is 4.10. The molecule has 27 heavy (non-hydrogen) atoms. The summed E-state index contributed by atoms with van der Waals surface area (Å²) in [6.45, 7) is 1.54. The molecule has 0 radical (unpaired) electrons. The molecule has 2 amide bonds. The van der Waals surface area contributed by atoms with Crippen LogP contribution in [-0.4, -0.2) is 26.4 Å². The van der Waals surface area contributed by atoms with Crippen LogP contribution in [-0.2, 0) is 6.54 Å². The van der Waals surface area contributed by atoms with E-state index in [2.05, 4.69) is 10.6 Å². The zero-order valence-electron chi connectivity index (χ0n) is 15.4. The van der Waals surface area contributed by atoms with Crippen LogP contribution in [0.4, 0.5) is 4.79 Å². The Bertz CT molecular complexity index is 820. The lowest BCUT2D eigenvalue weighted by Crippen LogP contribution is -2.38. The number of hydrogen-bond donors (Lipinski definition) is 2. The highest BCUT2D eigenvalue weighted by Gasteiger charge is 2.34. The molecule has 1 atom stereocenters. The van der Waals surface area contributed by atoms with Crippen LogP contribution < -0.4 is 24.8 Å². The Kier molecular flexibility index (Phi) is 5.05. The molecule has 1 saturated carbocycles. The van der Waals surface area contributed by atoms with Gasteiger partial charge in [0, 0.05) is 12.1 Å². The minimum absolute atomic E-state index is 0.0292. The topological polar surface area (TPSA) is 68.8 Å². The summed E-state index contributed by atoms with van der Waals surface area (Å²) in [5.41, 5.74) is 1.99. The van der Waals surface area contributed by atoms with Gasteiger partial charge in [0.2, 0.25) is 0 Å². The van der Waals surface area contributed by atoms with Crippen LogP contribution in [0.15, 0.2) is 42.5 Å². The predicted octanol–water partition coefficient (Wildman–Crippen LogP) is 3.42. The molecule has 1 unspecified atom stereocenters. The summed E-state index contributed by atoms with van der Waals surface area (Å²) in [6.07, 6.45) is 2.23. The molecular weight excluding hydrogens is 344 g/mol. The fourth-order valence-electron chi connectivity index (χ4n) is 3.37. The van der Waals surface area contributed by atoms with E-state index in [1.54, 1.807) is 7.11 Å². The van der Waals surface area contributed by atoms with E-state index in [4.69, 9.17) is 14.2 Å². The van der Waals surface area contributed by atoms with Crippen molar-refractivity contribution in [3.05, 3.63) is 53.6 Å². The van der Waals surface area contributed by atoms with Crippen LogP contribution in [0.25, 0.3) is 0 Å². The molecule has 1 heterocycles. The maximum absolute atomic E-state index is 12.5. The van der Waals surface area contributed by atoms with E-state index in [0.29, 0.717) is 25.7 Å². The first-order chi connectivity index (χ1) is 13.2. The van der Waals surface area contributed by atoms with Gasteiger partial charge in [0.25, 0.3) is 0 Å². The van der Waals surface area contributed by atoms with Gasteiger partial charge in [-0.15, -0.1) is 0 Å². The molecule has 0 saturated heterocycles. The molecule has 6 nitrogen and oxygen atoms in total. The first kappa shape index (κ1) is 17.5. The number of carbonyl (C=O) groups excluding carboxylic acids is 1. The first-order valence-corrected chi connectivity index (χ1v) is 9.30. The van der Waals surface area contributed by atoms with Gasteiger partial charge in [0.1, 0.15) is 19.0 Å². The largest absolute Gasteiger partial charge is 0.496 e. The predicted molar refractivity (Wildman–Crippen MR) is 101 cm³/mol. The van der Waals surface area contributed by atoms with Crippen molar-refractivity contribution in [2.45, 2.75) is 25.4 Å². The number of nitrogens with one attached hydrogen (secondary N) is 2. The summed E-state index contributed by atoms with van der Waals surface area (Å²) >= 11 is 0. The Hall–Kier alpha value is -2.89. The van der Waals surface area contributed by atoms with Crippen LogP contribution in [0.5, 0.6) is 17.2 Å². The second-order valence-corrected chi connectivity index (χ2v) is 6.86. The standard InChI is InChI=1S/C21H24N2O4/c1-25-17-5-3-2-4-16(17)13-22-21(24)23-20(14-6-7-14)15-8-9-18-19(12-15)27-11-10-26-18/h2-5,8-9,12,14,20H,6-7,10-11,13H2,1H3,(H2,22,23,24). The minimum Gasteiger partial charge on any atom is -0.496 e. The summed E-state index contributed by atoms with van der Waals surface area (Å²) in [4.78, 5) is 12.5. The SMILES string of the molecule is COc1ccccc1CNC(=O)NC(c1ccc2c(c1)OCCO2)C1CC1. The molecule has 1 aliphatic heterocycles. The second kappa shape index (κ2) is 7.78. The minimum atomic E-state index is -0.187. The van der Waals surface area contributed by atoms with Gasteiger partial charge < -0.3 is 24.8 Å². The van der Waals surface area contributed by atoms with Crippen molar-refractivity contribution in [2.75, 3.05) is 20.3 Å². The summed E-state index contributed by atoms with van der Waals surface area (Å²) in [7, 11) is 1.63. The number of benzene rings is 2. The van der Waals surface area contributed by atoms with E-state index < -0.39 is 0 Å². The fourth-order valence-corrected chi connectivity index (χ4v) is 3.37. The Morgan fingerprint density at radius 1 is 1.15 bits per heavy atom. The Labute approximate surface area is 158 Å². The average molecular weight is 368 g/mol. The van der Waals surface area contributed by atoms with Crippen molar-refractivity contribution < 1.29 is 19.0 Å². The van der Waals surface area contributed by atoms with E-state index in [-0.39, 0.29) is 12.1 Å². The van der Waals surface area contributed by atoms with Crippen molar-refractivity contribution in [3.8, 4) is 17.2 Å². The third-order valence-corrected chi connectivity index (χ3v) is 4.94. The molecule has 6 heteroatoms. The molecular formula is C21H24N2O4. The lowest BCUT2D eigenvalue weighted by molar-refractivity contribution is 0.171. The van der Waals surface area contributed by atoms with Gasteiger partial charge in [-0.25, -0.2) is 4.79 Å². The monoisotopic (exact) mass is 368 g/mol. The van der Waals surface area contributed by atoms with E-state index in [0.717, 1.165) is 41.2 Å². The Morgan fingerprint density at radius 2 is 1.93 bits per heavy atom. The van der Waals surface area contributed by atoms with Crippen molar-refractivity contribution >= 4 is 6.03 Å². The van der Waals surface area contributed by atoms with Crippen LogP contribution in [0.1, 0.15) is 30.0 Å². The van der Waals surface area contributed by atoms with Gasteiger partial charge in [-0.2, -0.15) is 0 Å². The fraction of sp³-hybridized carbons (Fsp3) is 0.381. The third-order valence-electron chi connectivity index (χ3n) is 4.94. The zero-order valence-corrected chi connectivity index (χ0v) is 15.4. The van der Waals surface area contributed by atoms with Crippen molar-refractivity contribution in [1.29, 1.82) is 0 Å². The maximum Gasteiger partial charge on any atom is 0.315 e. The number of rotatable bonds is 6. The van der Waals surface area contributed by atoms with E-state index >= 15 is 0 Å². The maximum atomic E-state index is 12.5. The van der Waals surface area contributed by atoms with E-state index in [1.165, 1.54) is 0 Å². The highest BCUT2D eigenvalue weighted by Crippen LogP contribution is 2.43. The van der Waals surface area contributed by atoms with Crippen molar-refractivity contribution in [1.82, 2.24) is 10.6 Å². The highest BCUT2D eigenvalue weighted by molar-refractivity contribution is 5.74. The summed E-state index contributed by atoms with van der Waals surface area (Å²) in [6, 6.07) is 13.4. The Balaban J connectivity index is 1.42. The number of fused-ring (bicyclic) bond motifs is 1. The second-order valence-electron chi connectivity index (χ2n) is 6.86. The van der Waals surface area contributed by atoms with Gasteiger partial charge >= 0.3 is 6.03 Å². The number of ether oxygens (including phenoxy) is 3. The first-order valence-electron chi connectivity index (χ1n) is 9.30. The molecule has 4 rings (SSSR count). The molecule has 2 aliphatic rings. The van der Waals surface area contributed by atoms with Gasteiger partial charge in [0.05, 0.1) is 13.2 Å². The van der Waals surface area contributed by atoms with Crippen LogP contribution in [0.2, 0.25) is 0 Å². The number of urea groups is 1. The molecule has 0 spiro atoms. The molecule has 2 aromatic carbocycles. The molecule has 1 fully saturated rings. The normalized spacial score (nSPS) is 16.3. The highest BCUT2D eigenvalue weighted by atomic mass is 16.6. The lowest BCUT2D eigenvalue weighted by atomic mass is 10.0. The Morgan fingerprint density at radius 3 is 2.70 bits per heavy atom. The lowest BCUT2D eigenvalue weighted by Gasteiger charge is -2.23. The van der Waals surface area contributed by atoms with Gasteiger partial charge in [-0.05, 0) is 42.5 Å². The quantitative estimate of drug-likeness (QED) is 0.820. The van der Waals surface area contributed by atoms with Gasteiger partial charge in [0.15, 0.2) is 11.5 Å². The molecule has 142 valence electrons. The molecule has 0 bridgehead atoms. The average Bonchev–Trinajstić information content (AvgIpc) is 3.55. The number of methoxy groups -OCH3 is 1. The van der Waals surface area contributed by atoms with Crippen LogP contribution in [0, 0.1) is 5.92 Å². The summed E-state index contributed by atoms with van der Waals surface area (Å²) in [5, 5.41) is 6.06. The van der Waals surface area contributed by atoms with Crippen molar-refractivity contribution in [2.24, 2.45) is 5.92 Å². The van der Waals surface area contributed by atoms with Gasteiger partial charge in [-0.3, -0.25) is 0 Å². The molecule has 2 N–H and O–H groups in total. The van der Waals surface area contributed by atoms with Crippen LogP contribution in [0.3, 0.4) is 0 Å². The number of carbonyl (C=O) groups is 1.